The lowest BCUT2D eigenvalue weighted by atomic mass is 9.86. The summed E-state index contributed by atoms with van der Waals surface area (Å²) in [6.45, 7) is 4.20. The molecule has 2 heterocycles. The first-order chi connectivity index (χ1) is 10.6. The second kappa shape index (κ2) is 6.73. The molecule has 2 aromatic rings. The van der Waals surface area contributed by atoms with Crippen LogP contribution in [0.5, 0.6) is 0 Å². The zero-order valence-corrected chi connectivity index (χ0v) is 14.0. The predicted molar refractivity (Wildman–Crippen MR) is 90.1 cm³/mol. The van der Waals surface area contributed by atoms with Gasteiger partial charge in [-0.3, -0.25) is 9.20 Å². The smallest absolute Gasteiger partial charge is 0.233 e. The van der Waals surface area contributed by atoms with E-state index in [1.54, 1.807) is 0 Å². The standard InChI is InChI=1S/C17H23N3OS/c1-12-7-3-4-9-15(12)19-16(21)13(2)22-17-18-11-14-8-5-6-10-20(14)17/h5-6,8,10-13,15H,3-4,7,9H2,1-2H3,(H,19,21)/t12-,13-,15-/m0/s1. The van der Waals surface area contributed by atoms with Crippen molar-refractivity contribution >= 4 is 23.2 Å². The Morgan fingerprint density at radius 3 is 3.05 bits per heavy atom. The van der Waals surface area contributed by atoms with E-state index in [2.05, 4.69) is 17.2 Å². The van der Waals surface area contributed by atoms with Gasteiger partial charge in [0, 0.05) is 12.2 Å². The highest BCUT2D eigenvalue weighted by Gasteiger charge is 2.25. The number of hydrogen-bond donors (Lipinski definition) is 1. The second-order valence-electron chi connectivity index (χ2n) is 6.17. The van der Waals surface area contributed by atoms with Gasteiger partial charge in [0.15, 0.2) is 5.16 Å². The normalized spacial score (nSPS) is 23.4. The van der Waals surface area contributed by atoms with Crippen molar-refractivity contribution in [2.24, 2.45) is 5.92 Å². The number of rotatable bonds is 4. The van der Waals surface area contributed by atoms with Crippen LogP contribution in [0.2, 0.25) is 0 Å². The molecule has 0 aromatic carbocycles. The van der Waals surface area contributed by atoms with Gasteiger partial charge in [-0.25, -0.2) is 4.98 Å². The number of amides is 1. The molecule has 3 atom stereocenters. The van der Waals surface area contributed by atoms with E-state index in [1.807, 2.05) is 41.9 Å². The van der Waals surface area contributed by atoms with E-state index in [1.165, 1.54) is 31.0 Å². The maximum Gasteiger partial charge on any atom is 0.233 e. The van der Waals surface area contributed by atoms with Crippen molar-refractivity contribution in [1.29, 1.82) is 0 Å². The fraction of sp³-hybridized carbons (Fsp3) is 0.529. The second-order valence-corrected chi connectivity index (χ2v) is 7.48. The average Bonchev–Trinajstić information content (AvgIpc) is 2.93. The Morgan fingerprint density at radius 2 is 2.23 bits per heavy atom. The summed E-state index contributed by atoms with van der Waals surface area (Å²) in [5.41, 5.74) is 1.05. The molecule has 22 heavy (non-hydrogen) atoms. The molecule has 1 aliphatic rings. The quantitative estimate of drug-likeness (QED) is 0.878. The lowest BCUT2D eigenvalue weighted by Gasteiger charge is -2.30. The van der Waals surface area contributed by atoms with E-state index < -0.39 is 0 Å². The number of thioether (sulfide) groups is 1. The molecule has 1 fully saturated rings. The van der Waals surface area contributed by atoms with Crippen LogP contribution in [0.1, 0.15) is 39.5 Å². The molecule has 0 radical (unpaired) electrons. The first-order valence-corrected chi connectivity index (χ1v) is 8.92. The number of carbonyl (C=O) groups excluding carboxylic acids is 1. The van der Waals surface area contributed by atoms with Crippen LogP contribution in [0.15, 0.2) is 35.7 Å². The van der Waals surface area contributed by atoms with Gasteiger partial charge in [-0.2, -0.15) is 0 Å². The zero-order valence-electron chi connectivity index (χ0n) is 13.2. The molecule has 1 aliphatic carbocycles. The van der Waals surface area contributed by atoms with E-state index in [-0.39, 0.29) is 11.2 Å². The van der Waals surface area contributed by atoms with Gasteiger partial charge in [-0.15, -0.1) is 0 Å². The molecule has 0 unspecified atom stereocenters. The zero-order chi connectivity index (χ0) is 15.5. The van der Waals surface area contributed by atoms with Crippen LogP contribution in [-0.4, -0.2) is 26.6 Å². The molecular formula is C17H23N3OS. The minimum absolute atomic E-state index is 0.122. The third-order valence-corrected chi connectivity index (χ3v) is 5.58. The van der Waals surface area contributed by atoms with Crippen molar-refractivity contribution in [3.8, 4) is 0 Å². The molecule has 1 amide bonds. The van der Waals surface area contributed by atoms with Crippen molar-refractivity contribution in [3.05, 3.63) is 30.6 Å². The molecule has 0 bridgehead atoms. The van der Waals surface area contributed by atoms with Crippen LogP contribution < -0.4 is 5.32 Å². The summed E-state index contributed by atoms with van der Waals surface area (Å²) in [6.07, 6.45) is 8.67. The molecule has 0 aliphatic heterocycles. The number of imidazole rings is 1. The number of fused-ring (bicyclic) bond motifs is 1. The van der Waals surface area contributed by atoms with Crippen LogP contribution in [-0.2, 0) is 4.79 Å². The first-order valence-electron chi connectivity index (χ1n) is 8.04. The molecule has 2 aromatic heterocycles. The van der Waals surface area contributed by atoms with Gasteiger partial charge in [0.2, 0.25) is 5.91 Å². The lowest BCUT2D eigenvalue weighted by Crippen LogP contribution is -2.44. The molecule has 0 spiro atoms. The minimum atomic E-state index is -0.139. The summed E-state index contributed by atoms with van der Waals surface area (Å²) in [4.78, 5) is 16.9. The van der Waals surface area contributed by atoms with Crippen LogP contribution in [0.4, 0.5) is 0 Å². The van der Waals surface area contributed by atoms with Gasteiger partial charge >= 0.3 is 0 Å². The Bertz CT molecular complexity index is 654. The van der Waals surface area contributed by atoms with Crippen LogP contribution in [0.25, 0.3) is 5.52 Å². The van der Waals surface area contributed by atoms with Gasteiger partial charge in [-0.05, 0) is 37.8 Å². The van der Waals surface area contributed by atoms with Gasteiger partial charge in [0.1, 0.15) is 0 Å². The predicted octanol–water partition coefficient (Wildman–Crippen LogP) is 3.51. The highest BCUT2D eigenvalue weighted by molar-refractivity contribution is 8.00. The van der Waals surface area contributed by atoms with Crippen molar-refractivity contribution in [3.63, 3.8) is 0 Å². The van der Waals surface area contributed by atoms with E-state index in [4.69, 9.17) is 0 Å². The van der Waals surface area contributed by atoms with E-state index in [0.29, 0.717) is 12.0 Å². The summed E-state index contributed by atoms with van der Waals surface area (Å²) in [5.74, 6) is 0.707. The van der Waals surface area contributed by atoms with E-state index in [0.717, 1.165) is 17.1 Å². The molecule has 1 saturated carbocycles. The van der Waals surface area contributed by atoms with Crippen molar-refractivity contribution in [2.45, 2.75) is 56.0 Å². The molecule has 5 heteroatoms. The molecular weight excluding hydrogens is 294 g/mol. The molecule has 0 saturated heterocycles. The third kappa shape index (κ3) is 3.29. The molecule has 4 nitrogen and oxygen atoms in total. The monoisotopic (exact) mass is 317 g/mol. The Kier molecular flexibility index (Phi) is 4.71. The van der Waals surface area contributed by atoms with Crippen LogP contribution in [0, 0.1) is 5.92 Å². The van der Waals surface area contributed by atoms with E-state index >= 15 is 0 Å². The highest BCUT2D eigenvalue weighted by Crippen LogP contribution is 2.26. The summed E-state index contributed by atoms with van der Waals surface area (Å²) in [5, 5.41) is 3.96. The largest absolute Gasteiger partial charge is 0.352 e. The summed E-state index contributed by atoms with van der Waals surface area (Å²) < 4.78 is 2.03. The number of aromatic nitrogens is 2. The Hall–Kier alpha value is -1.49. The first kappa shape index (κ1) is 15.4. The summed E-state index contributed by atoms with van der Waals surface area (Å²) in [7, 11) is 0. The topological polar surface area (TPSA) is 46.4 Å². The van der Waals surface area contributed by atoms with Gasteiger partial charge in [0.25, 0.3) is 0 Å². The minimum Gasteiger partial charge on any atom is -0.352 e. The Balaban J connectivity index is 1.63. The highest BCUT2D eigenvalue weighted by atomic mass is 32.2. The molecule has 3 rings (SSSR count). The SMILES string of the molecule is C[C@H](Sc1ncc2ccccn12)C(=O)N[C@H]1CCCC[C@@H]1C. The number of hydrogen-bond acceptors (Lipinski definition) is 3. The van der Waals surface area contributed by atoms with Crippen LogP contribution >= 0.6 is 11.8 Å². The maximum absolute atomic E-state index is 12.5. The van der Waals surface area contributed by atoms with Gasteiger partial charge < -0.3 is 5.32 Å². The van der Waals surface area contributed by atoms with E-state index in [9.17, 15) is 4.79 Å². The maximum atomic E-state index is 12.5. The molecule has 118 valence electrons. The third-order valence-electron chi connectivity index (χ3n) is 4.50. The Morgan fingerprint density at radius 1 is 1.41 bits per heavy atom. The fourth-order valence-electron chi connectivity index (χ4n) is 3.05. The Labute approximate surface area is 135 Å². The summed E-state index contributed by atoms with van der Waals surface area (Å²) >= 11 is 1.52. The number of pyridine rings is 1. The fourth-order valence-corrected chi connectivity index (χ4v) is 3.93. The molecule has 1 N–H and O–H groups in total. The van der Waals surface area contributed by atoms with Gasteiger partial charge in [0.05, 0.1) is 17.0 Å². The van der Waals surface area contributed by atoms with Gasteiger partial charge in [-0.1, -0.05) is 37.6 Å². The number of nitrogens with one attached hydrogen (secondary N) is 1. The van der Waals surface area contributed by atoms with Crippen molar-refractivity contribution in [2.75, 3.05) is 0 Å². The average molecular weight is 317 g/mol. The number of nitrogens with zero attached hydrogens (tertiary/aromatic N) is 2. The lowest BCUT2D eigenvalue weighted by molar-refractivity contribution is -0.121. The van der Waals surface area contributed by atoms with Crippen molar-refractivity contribution < 1.29 is 4.79 Å². The summed E-state index contributed by atoms with van der Waals surface area (Å²) in [6, 6.07) is 6.33. The van der Waals surface area contributed by atoms with Crippen molar-refractivity contribution in [1.82, 2.24) is 14.7 Å². The number of carbonyl (C=O) groups is 1. The van der Waals surface area contributed by atoms with Crippen LogP contribution in [0.3, 0.4) is 0 Å².